The van der Waals surface area contributed by atoms with Gasteiger partial charge in [-0.1, -0.05) is 5.16 Å². The summed E-state index contributed by atoms with van der Waals surface area (Å²) in [5.41, 5.74) is 6.44. The van der Waals surface area contributed by atoms with Crippen LogP contribution in [-0.2, 0) is 4.84 Å². The zero-order valence-electron chi connectivity index (χ0n) is 11.8. The maximum absolute atomic E-state index is 10.9. The van der Waals surface area contributed by atoms with E-state index in [0.717, 1.165) is 0 Å². The van der Waals surface area contributed by atoms with Gasteiger partial charge in [0, 0.05) is 26.2 Å². The van der Waals surface area contributed by atoms with E-state index in [2.05, 4.69) is 15.1 Å². The van der Waals surface area contributed by atoms with Crippen molar-refractivity contribution in [3.05, 3.63) is 11.9 Å². The van der Waals surface area contributed by atoms with Crippen molar-refractivity contribution in [3.8, 4) is 0 Å². The second-order valence-electron chi connectivity index (χ2n) is 4.41. The van der Waals surface area contributed by atoms with Gasteiger partial charge in [-0.2, -0.15) is 0 Å². The lowest BCUT2D eigenvalue weighted by Gasteiger charge is -2.34. The molecule has 0 unspecified atom stereocenters. The number of hydrogen-bond acceptors (Lipinski definition) is 7. The Hall–Kier alpha value is -2.58. The lowest BCUT2D eigenvalue weighted by atomic mass is 10.2. The summed E-state index contributed by atoms with van der Waals surface area (Å²) in [6.07, 6.45) is 1.96. The van der Waals surface area contributed by atoms with Gasteiger partial charge < -0.3 is 25.5 Å². The summed E-state index contributed by atoms with van der Waals surface area (Å²) < 4.78 is 0. The molecule has 1 amide bonds. The Labute approximate surface area is 122 Å². The molecule has 0 saturated carbocycles. The van der Waals surface area contributed by atoms with Gasteiger partial charge in [-0.05, 0) is 6.92 Å². The number of nitrogens with zero attached hydrogens (tertiary/aromatic N) is 5. The Kier molecular flexibility index (Phi) is 4.75. The van der Waals surface area contributed by atoms with E-state index in [1.807, 2.05) is 11.8 Å². The molecule has 1 fully saturated rings. The molecule has 1 aliphatic heterocycles. The smallest absolute Gasteiger partial charge is 0.407 e. The number of nitrogen functional groups attached to an aromatic ring is 1. The molecule has 2 rings (SSSR count). The molecule has 0 aliphatic carbocycles. The van der Waals surface area contributed by atoms with Crippen LogP contribution in [0, 0.1) is 0 Å². The summed E-state index contributed by atoms with van der Waals surface area (Å²) in [4.78, 5) is 27.4. The number of amides is 1. The quantitative estimate of drug-likeness (QED) is 0.603. The minimum absolute atomic E-state index is 0.309. The molecule has 0 aromatic carbocycles. The maximum atomic E-state index is 10.9. The van der Waals surface area contributed by atoms with Crippen molar-refractivity contribution < 1.29 is 14.7 Å². The third-order valence-corrected chi connectivity index (χ3v) is 3.13. The highest BCUT2D eigenvalue weighted by molar-refractivity contribution is 5.91. The van der Waals surface area contributed by atoms with Gasteiger partial charge in [0.1, 0.15) is 24.6 Å². The number of anilines is 2. The molecule has 1 aromatic heterocycles. The second kappa shape index (κ2) is 6.73. The number of carbonyl (C=O) groups is 1. The molecule has 0 atom stereocenters. The van der Waals surface area contributed by atoms with Gasteiger partial charge in [-0.3, -0.25) is 0 Å². The van der Waals surface area contributed by atoms with Crippen molar-refractivity contribution in [1.29, 1.82) is 0 Å². The number of aromatic nitrogens is 2. The predicted octanol–water partition coefficient (Wildman–Crippen LogP) is 0.229. The average molecular weight is 294 g/mol. The number of carboxylic acid groups (broad SMARTS) is 1. The van der Waals surface area contributed by atoms with E-state index < -0.39 is 6.09 Å². The van der Waals surface area contributed by atoms with E-state index >= 15 is 0 Å². The monoisotopic (exact) mass is 294 g/mol. The fourth-order valence-corrected chi connectivity index (χ4v) is 2.05. The number of piperazine rings is 1. The predicted molar refractivity (Wildman–Crippen MR) is 77.5 cm³/mol. The zero-order valence-corrected chi connectivity index (χ0v) is 11.8. The Morgan fingerprint density at radius 3 is 2.81 bits per heavy atom. The molecule has 1 aromatic rings. The fourth-order valence-electron chi connectivity index (χ4n) is 2.05. The second-order valence-corrected chi connectivity index (χ2v) is 4.41. The Balaban J connectivity index is 2.16. The third kappa shape index (κ3) is 3.50. The zero-order chi connectivity index (χ0) is 15.2. The van der Waals surface area contributed by atoms with E-state index in [1.165, 1.54) is 17.4 Å². The van der Waals surface area contributed by atoms with Gasteiger partial charge in [0.05, 0.1) is 11.8 Å². The molecule has 0 radical (unpaired) electrons. The van der Waals surface area contributed by atoms with Crippen LogP contribution in [0.25, 0.3) is 0 Å². The molecule has 0 bridgehead atoms. The normalized spacial score (nSPS) is 15.5. The number of oxime groups is 1. The summed E-state index contributed by atoms with van der Waals surface area (Å²) in [5, 5.41) is 12.8. The van der Waals surface area contributed by atoms with Crippen molar-refractivity contribution >= 4 is 23.9 Å². The number of nitrogens with two attached hydrogens (primary N) is 1. The summed E-state index contributed by atoms with van der Waals surface area (Å²) in [6.45, 7) is 4.20. The molecule has 114 valence electrons. The largest absolute Gasteiger partial charge is 0.465 e. The van der Waals surface area contributed by atoms with Crippen molar-refractivity contribution in [3.63, 3.8) is 0 Å². The Morgan fingerprint density at radius 2 is 2.19 bits per heavy atom. The average Bonchev–Trinajstić information content (AvgIpc) is 2.49. The SMILES string of the molecule is CCO/N=C/c1c(N)ncnc1N1CCN(C(=O)O)CC1. The lowest BCUT2D eigenvalue weighted by molar-refractivity contribution is 0.142. The maximum Gasteiger partial charge on any atom is 0.407 e. The molecule has 9 heteroatoms. The molecule has 1 saturated heterocycles. The molecule has 9 nitrogen and oxygen atoms in total. The van der Waals surface area contributed by atoms with Crippen LogP contribution in [0.1, 0.15) is 12.5 Å². The lowest BCUT2D eigenvalue weighted by Crippen LogP contribution is -2.48. The van der Waals surface area contributed by atoms with Gasteiger partial charge in [-0.25, -0.2) is 14.8 Å². The highest BCUT2D eigenvalue weighted by Gasteiger charge is 2.23. The highest BCUT2D eigenvalue weighted by Crippen LogP contribution is 2.21. The summed E-state index contributed by atoms with van der Waals surface area (Å²) in [7, 11) is 0. The van der Waals surface area contributed by atoms with Crippen LogP contribution in [0.2, 0.25) is 0 Å². The summed E-state index contributed by atoms with van der Waals surface area (Å²) >= 11 is 0. The Bertz CT molecular complexity index is 528. The number of hydrogen-bond donors (Lipinski definition) is 2. The van der Waals surface area contributed by atoms with Crippen molar-refractivity contribution in [2.24, 2.45) is 5.16 Å². The van der Waals surface area contributed by atoms with E-state index in [4.69, 9.17) is 15.7 Å². The van der Waals surface area contributed by atoms with Crippen LogP contribution in [0.3, 0.4) is 0 Å². The van der Waals surface area contributed by atoms with Crippen LogP contribution >= 0.6 is 0 Å². The molecular weight excluding hydrogens is 276 g/mol. The van der Waals surface area contributed by atoms with Gasteiger partial charge in [0.15, 0.2) is 0 Å². The van der Waals surface area contributed by atoms with E-state index in [9.17, 15) is 4.79 Å². The Morgan fingerprint density at radius 1 is 1.48 bits per heavy atom. The molecule has 3 N–H and O–H groups in total. The van der Waals surface area contributed by atoms with Crippen LogP contribution in [0.5, 0.6) is 0 Å². The molecule has 21 heavy (non-hydrogen) atoms. The topological polar surface area (TPSA) is 117 Å². The van der Waals surface area contributed by atoms with E-state index in [-0.39, 0.29) is 0 Å². The molecule has 2 heterocycles. The van der Waals surface area contributed by atoms with Crippen LogP contribution in [-0.4, -0.2) is 65.1 Å². The molecule has 0 spiro atoms. The standard InChI is InChI=1S/C12H18N6O3/c1-2-21-16-7-9-10(13)14-8-15-11(9)17-3-5-18(6-4-17)12(19)20/h7-8H,2-6H2,1H3,(H,19,20)(H2,13,14,15)/b16-7+. The number of rotatable bonds is 4. The highest BCUT2D eigenvalue weighted by atomic mass is 16.6. The van der Waals surface area contributed by atoms with E-state index in [1.54, 1.807) is 0 Å². The van der Waals surface area contributed by atoms with Gasteiger partial charge in [-0.15, -0.1) is 0 Å². The molecular formula is C12H18N6O3. The third-order valence-electron chi connectivity index (χ3n) is 3.13. The van der Waals surface area contributed by atoms with E-state index in [0.29, 0.717) is 50.0 Å². The first-order chi connectivity index (χ1) is 10.1. The van der Waals surface area contributed by atoms with Crippen molar-refractivity contribution in [2.45, 2.75) is 6.92 Å². The fraction of sp³-hybridized carbons (Fsp3) is 0.500. The van der Waals surface area contributed by atoms with Crippen LogP contribution in [0.4, 0.5) is 16.4 Å². The first kappa shape index (κ1) is 14.8. The van der Waals surface area contributed by atoms with Crippen LogP contribution in [0.15, 0.2) is 11.5 Å². The van der Waals surface area contributed by atoms with Gasteiger partial charge in [0.2, 0.25) is 0 Å². The minimum atomic E-state index is -0.907. The minimum Gasteiger partial charge on any atom is -0.465 e. The first-order valence-corrected chi connectivity index (χ1v) is 6.62. The van der Waals surface area contributed by atoms with Crippen LogP contribution < -0.4 is 10.6 Å². The summed E-state index contributed by atoms with van der Waals surface area (Å²) in [5.74, 6) is 0.945. The summed E-state index contributed by atoms with van der Waals surface area (Å²) in [6, 6.07) is 0. The van der Waals surface area contributed by atoms with Crippen molar-refractivity contribution in [1.82, 2.24) is 14.9 Å². The molecule has 1 aliphatic rings. The van der Waals surface area contributed by atoms with Crippen molar-refractivity contribution in [2.75, 3.05) is 43.4 Å². The van der Waals surface area contributed by atoms with Gasteiger partial charge >= 0.3 is 6.09 Å². The van der Waals surface area contributed by atoms with Gasteiger partial charge in [0.25, 0.3) is 0 Å². The first-order valence-electron chi connectivity index (χ1n) is 6.62.